The van der Waals surface area contributed by atoms with Gasteiger partial charge in [0, 0.05) is 13.1 Å². The molecule has 0 aliphatic heterocycles. The van der Waals surface area contributed by atoms with E-state index in [1.807, 2.05) is 0 Å². The van der Waals surface area contributed by atoms with Gasteiger partial charge < -0.3 is 26.6 Å². The maximum atomic E-state index is 13.6. The second kappa shape index (κ2) is 16.6. The van der Waals surface area contributed by atoms with Crippen LogP contribution in [0.15, 0.2) is 101 Å². The smallest absolute Gasteiger partial charge is 0.488 e. The Morgan fingerprint density at radius 1 is 0.545 bits per heavy atom. The van der Waals surface area contributed by atoms with Gasteiger partial charge in [0.1, 0.15) is 0 Å². The summed E-state index contributed by atoms with van der Waals surface area (Å²) < 4.78 is 38.5. The van der Waals surface area contributed by atoms with E-state index in [-0.39, 0.29) is 44.6 Å². The van der Waals surface area contributed by atoms with Crippen molar-refractivity contribution in [2.75, 3.05) is 0 Å². The van der Waals surface area contributed by atoms with Crippen LogP contribution in [0.3, 0.4) is 0 Å². The van der Waals surface area contributed by atoms with Crippen molar-refractivity contribution in [1.29, 1.82) is 0 Å². The van der Waals surface area contributed by atoms with Crippen molar-refractivity contribution >= 4 is 17.6 Å². The molecular formula is C30H47N3O9Si2. The average molecular weight is 650 g/mol. The number of hydrogen-bond donors (Lipinski definition) is 0. The van der Waals surface area contributed by atoms with E-state index in [2.05, 4.69) is 46.1 Å². The lowest BCUT2D eigenvalue weighted by Gasteiger charge is -2.30. The maximum absolute atomic E-state index is 13.6. The molecule has 0 radical (unpaired) electrons. The lowest BCUT2D eigenvalue weighted by molar-refractivity contribution is 0.142. The summed E-state index contributed by atoms with van der Waals surface area (Å²) in [6.07, 6.45) is 1.85. The molecule has 0 atom stereocenters. The Labute approximate surface area is 261 Å². The predicted octanol–water partition coefficient (Wildman–Crippen LogP) is 5.32. The summed E-state index contributed by atoms with van der Waals surface area (Å²) in [5, 5.41) is 0. The average Bonchev–Trinajstić information content (AvgIpc) is 2.83. The van der Waals surface area contributed by atoms with Crippen molar-refractivity contribution in [3.63, 3.8) is 0 Å². The van der Waals surface area contributed by atoms with E-state index in [4.69, 9.17) is 26.6 Å². The topological polar surface area (TPSA) is 121 Å². The zero-order chi connectivity index (χ0) is 33.8. The number of aromatic nitrogens is 3. The number of hydrogen-bond acceptors (Lipinski definition) is 9. The summed E-state index contributed by atoms with van der Waals surface area (Å²) in [5.74, 6) is 2.17. The Bertz CT molecular complexity index is 1290. The van der Waals surface area contributed by atoms with Gasteiger partial charge in [-0.15, -0.1) is 6.58 Å². The highest BCUT2D eigenvalue weighted by atomic mass is 28.4. The Morgan fingerprint density at radius 3 is 1.02 bits per heavy atom. The van der Waals surface area contributed by atoms with Gasteiger partial charge in [0.15, 0.2) is 0 Å². The fourth-order valence-corrected chi connectivity index (χ4v) is 9.51. The van der Waals surface area contributed by atoms with Crippen molar-refractivity contribution in [1.82, 2.24) is 13.7 Å². The fraction of sp³-hybridized carbons (Fsp3) is 0.433. The van der Waals surface area contributed by atoms with E-state index in [0.29, 0.717) is 34.6 Å². The first-order chi connectivity index (χ1) is 20.4. The van der Waals surface area contributed by atoms with Gasteiger partial charge in [0.05, 0.1) is 53.2 Å². The van der Waals surface area contributed by atoms with E-state index >= 15 is 0 Å². The summed E-state index contributed by atoms with van der Waals surface area (Å²) in [6.45, 7) is 36.1. The summed E-state index contributed by atoms with van der Waals surface area (Å²) in [5.41, 5.74) is -2.31. The first-order valence-electron chi connectivity index (χ1n) is 14.0. The van der Waals surface area contributed by atoms with Crippen LogP contribution in [0.2, 0.25) is 12.1 Å². The van der Waals surface area contributed by atoms with Crippen LogP contribution in [0, 0.1) is 0 Å². The summed E-state index contributed by atoms with van der Waals surface area (Å²) in [6, 6.07) is 0.379. The molecule has 1 heterocycles. The summed E-state index contributed by atoms with van der Waals surface area (Å²) in [7, 11) is -6.95. The zero-order valence-electron chi connectivity index (χ0n) is 27.0. The quantitative estimate of drug-likeness (QED) is 0.0934. The molecule has 1 aromatic rings. The molecule has 0 fully saturated rings. The van der Waals surface area contributed by atoms with Crippen LogP contribution in [0.1, 0.15) is 54.4 Å². The lowest BCUT2D eigenvalue weighted by Crippen LogP contribution is -2.55. The Hall–Kier alpha value is -4.18. The first-order valence-corrected chi connectivity index (χ1v) is 17.9. The molecule has 0 saturated carbocycles. The molecule has 244 valence electrons. The van der Waals surface area contributed by atoms with Crippen molar-refractivity contribution in [3.05, 3.63) is 118 Å². The monoisotopic (exact) mass is 649 g/mol. The third-order valence-corrected chi connectivity index (χ3v) is 11.3. The molecular weight excluding hydrogens is 603 g/mol. The second-order valence-corrected chi connectivity index (χ2v) is 15.4. The van der Waals surface area contributed by atoms with E-state index < -0.39 is 34.7 Å². The Balaban J connectivity index is 3.49. The molecule has 0 spiro atoms. The number of rotatable bonds is 22. The van der Waals surface area contributed by atoms with Crippen LogP contribution in [0.25, 0.3) is 0 Å². The highest BCUT2D eigenvalue weighted by molar-refractivity contribution is 6.62. The number of allylic oxidation sites excluding steroid dienone is 7. The molecule has 0 amide bonds. The molecule has 44 heavy (non-hydrogen) atoms. The largest absolute Gasteiger partial charge is 0.698 e. The third-order valence-electron chi connectivity index (χ3n) is 5.40. The Morgan fingerprint density at radius 2 is 0.795 bits per heavy atom. The molecule has 0 aromatic carbocycles. The minimum Gasteiger partial charge on any atom is -0.488 e. The maximum Gasteiger partial charge on any atom is 0.698 e. The molecule has 12 nitrogen and oxygen atoms in total. The normalized spacial score (nSPS) is 11.1. The van der Waals surface area contributed by atoms with Crippen LogP contribution in [0.5, 0.6) is 0 Å². The predicted molar refractivity (Wildman–Crippen MR) is 175 cm³/mol. The van der Waals surface area contributed by atoms with E-state index in [9.17, 15) is 14.4 Å². The molecule has 0 bridgehead atoms. The van der Waals surface area contributed by atoms with Crippen LogP contribution in [0.4, 0.5) is 0 Å². The van der Waals surface area contributed by atoms with Gasteiger partial charge in [-0.3, -0.25) is 0 Å². The molecule has 1 rings (SSSR count). The number of nitrogens with zero attached hydrogens (tertiary/aromatic N) is 3. The van der Waals surface area contributed by atoms with Gasteiger partial charge in [-0.05, 0) is 54.4 Å². The van der Waals surface area contributed by atoms with Crippen LogP contribution >= 0.6 is 0 Å². The molecule has 0 unspecified atom stereocenters. The highest BCUT2D eigenvalue weighted by Gasteiger charge is 2.49. The van der Waals surface area contributed by atoms with Crippen molar-refractivity contribution in [3.8, 4) is 0 Å². The molecule has 0 saturated heterocycles. The SMILES string of the molecule is C=CCn1c(=O)n(CCC[Si](OC(=C)C)(OC(=C)C)OC(=C)C)c(=O)n(CCC[Si](OC(=C)C)(OC(=C)C)OC(=C)C)c1=O. The Kier molecular flexibility index (Phi) is 14.3. The molecule has 0 aliphatic rings. The van der Waals surface area contributed by atoms with E-state index in [1.165, 1.54) is 6.08 Å². The molecule has 1 aromatic heterocycles. The molecule has 14 heteroatoms. The van der Waals surface area contributed by atoms with Crippen molar-refractivity contribution in [2.45, 2.75) is 86.1 Å². The van der Waals surface area contributed by atoms with E-state index in [1.54, 1.807) is 41.5 Å². The molecule has 0 aliphatic carbocycles. The third kappa shape index (κ3) is 11.5. The van der Waals surface area contributed by atoms with Gasteiger partial charge in [-0.2, -0.15) is 0 Å². The first kappa shape index (κ1) is 37.8. The van der Waals surface area contributed by atoms with Gasteiger partial charge in [-0.1, -0.05) is 45.5 Å². The van der Waals surface area contributed by atoms with Gasteiger partial charge >= 0.3 is 34.7 Å². The van der Waals surface area contributed by atoms with Crippen molar-refractivity contribution < 1.29 is 26.6 Å². The second-order valence-electron chi connectivity index (χ2n) is 10.4. The fourth-order valence-electron chi connectivity index (χ4n) is 4.28. The van der Waals surface area contributed by atoms with Crippen LogP contribution in [-0.2, 0) is 46.2 Å². The van der Waals surface area contributed by atoms with Crippen molar-refractivity contribution in [2.24, 2.45) is 0 Å². The van der Waals surface area contributed by atoms with Gasteiger partial charge in [-0.25, -0.2) is 28.1 Å². The summed E-state index contributed by atoms with van der Waals surface area (Å²) in [4.78, 5) is 40.2. The minimum absolute atomic E-state index is 0.0580. The van der Waals surface area contributed by atoms with Gasteiger partial charge in [0.25, 0.3) is 0 Å². The highest BCUT2D eigenvalue weighted by Crippen LogP contribution is 2.27. The van der Waals surface area contributed by atoms with Crippen LogP contribution in [-0.4, -0.2) is 31.3 Å². The van der Waals surface area contributed by atoms with Gasteiger partial charge in [0.2, 0.25) is 0 Å². The standard InChI is InChI=1S/C30H47N3O9Si2/c1-14-17-31-28(34)32(18-15-20-43(37-22(2)3,38-23(4)5)39-24(6)7)30(36)33(29(31)35)19-16-21-44(40-25(8)9,41-26(10)11)42-27(12)13/h14H,1-2,4,6,8,10,12,15-21H2,3,5,7,9,11,13H3. The molecule has 0 N–H and O–H groups in total. The zero-order valence-corrected chi connectivity index (χ0v) is 29.0. The minimum atomic E-state index is -3.48. The lowest BCUT2D eigenvalue weighted by atomic mass is 10.4. The van der Waals surface area contributed by atoms with Crippen LogP contribution < -0.4 is 17.1 Å². The summed E-state index contributed by atoms with van der Waals surface area (Å²) >= 11 is 0. The van der Waals surface area contributed by atoms with E-state index in [0.717, 1.165) is 13.7 Å².